The first kappa shape index (κ1) is 24.5. The Bertz CT molecular complexity index is 954. The summed E-state index contributed by atoms with van der Waals surface area (Å²) in [5.74, 6) is 0.0655. The minimum Gasteiger partial charge on any atom is -0.339 e. The first-order valence-corrected chi connectivity index (χ1v) is 11.5. The van der Waals surface area contributed by atoms with Crippen molar-refractivity contribution >= 4 is 40.7 Å². The van der Waals surface area contributed by atoms with Crippen LogP contribution in [0.3, 0.4) is 0 Å². The lowest BCUT2D eigenvalue weighted by Gasteiger charge is -2.35. The number of nitrogens with one attached hydrogen (secondary N) is 1. The molecule has 0 radical (unpaired) electrons. The van der Waals surface area contributed by atoms with Crippen molar-refractivity contribution in [3.05, 3.63) is 63.1 Å². The molecule has 3 rings (SSSR count). The number of nitrogens with zero attached hydrogens (tertiary/aromatic N) is 3. The van der Waals surface area contributed by atoms with Crippen molar-refractivity contribution in [2.24, 2.45) is 0 Å². The number of likely N-dealkylation sites (N-methyl/N-ethyl adjacent to an activating group) is 1. The van der Waals surface area contributed by atoms with E-state index in [0.29, 0.717) is 55.9 Å². The molecule has 172 valence electrons. The summed E-state index contributed by atoms with van der Waals surface area (Å²) in [6.45, 7) is 7.86. The van der Waals surface area contributed by atoms with Crippen molar-refractivity contribution in [2.45, 2.75) is 20.4 Å². The van der Waals surface area contributed by atoms with Gasteiger partial charge in [-0.05, 0) is 49.7 Å². The molecular formula is C24H30Cl2N4O2. The van der Waals surface area contributed by atoms with Crippen LogP contribution in [-0.4, -0.2) is 72.8 Å². The molecule has 1 fully saturated rings. The molecule has 6 nitrogen and oxygen atoms in total. The number of halogens is 2. The maximum Gasteiger partial charge on any atom is 0.238 e. The van der Waals surface area contributed by atoms with Crippen LogP contribution in [0.4, 0.5) is 5.69 Å². The summed E-state index contributed by atoms with van der Waals surface area (Å²) in [7, 11) is 1.91. The number of hydrogen-bond donors (Lipinski definition) is 1. The van der Waals surface area contributed by atoms with Crippen LogP contribution in [0.5, 0.6) is 0 Å². The van der Waals surface area contributed by atoms with Gasteiger partial charge in [-0.3, -0.25) is 19.4 Å². The summed E-state index contributed by atoms with van der Waals surface area (Å²) in [6.07, 6.45) is 0. The SMILES string of the molecule is Cc1cccc(C)c1NC(=O)CN1CCN(C(=O)CN(C)Cc2ccc(Cl)c(Cl)c2)CC1. The van der Waals surface area contributed by atoms with Gasteiger partial charge in [-0.25, -0.2) is 0 Å². The molecule has 1 saturated heterocycles. The monoisotopic (exact) mass is 476 g/mol. The Morgan fingerprint density at radius 1 is 1.00 bits per heavy atom. The number of piperazine rings is 1. The van der Waals surface area contributed by atoms with E-state index in [2.05, 4.69) is 10.2 Å². The Balaban J connectivity index is 1.43. The predicted molar refractivity (Wildman–Crippen MR) is 130 cm³/mol. The first-order valence-electron chi connectivity index (χ1n) is 10.7. The highest BCUT2D eigenvalue weighted by Gasteiger charge is 2.23. The van der Waals surface area contributed by atoms with Gasteiger partial charge in [-0.1, -0.05) is 47.5 Å². The summed E-state index contributed by atoms with van der Waals surface area (Å²) in [5.41, 5.74) is 4.00. The van der Waals surface area contributed by atoms with Gasteiger partial charge in [-0.15, -0.1) is 0 Å². The summed E-state index contributed by atoms with van der Waals surface area (Å²) in [4.78, 5) is 31.1. The smallest absolute Gasteiger partial charge is 0.238 e. The third-order valence-electron chi connectivity index (χ3n) is 5.68. The van der Waals surface area contributed by atoms with E-state index in [4.69, 9.17) is 23.2 Å². The zero-order valence-electron chi connectivity index (χ0n) is 18.8. The molecule has 0 bridgehead atoms. The van der Waals surface area contributed by atoms with Gasteiger partial charge in [0.2, 0.25) is 11.8 Å². The highest BCUT2D eigenvalue weighted by Crippen LogP contribution is 2.23. The predicted octanol–water partition coefficient (Wildman–Crippen LogP) is 3.82. The number of para-hydroxylation sites is 1. The number of benzene rings is 2. The fourth-order valence-electron chi connectivity index (χ4n) is 3.89. The molecular weight excluding hydrogens is 447 g/mol. The number of amides is 2. The second kappa shape index (κ2) is 11.1. The van der Waals surface area contributed by atoms with Crippen molar-refractivity contribution in [3.8, 4) is 0 Å². The van der Waals surface area contributed by atoms with Gasteiger partial charge in [-0.2, -0.15) is 0 Å². The average molecular weight is 477 g/mol. The van der Waals surface area contributed by atoms with Crippen LogP contribution in [0.15, 0.2) is 36.4 Å². The van der Waals surface area contributed by atoms with Crippen molar-refractivity contribution < 1.29 is 9.59 Å². The molecule has 0 saturated carbocycles. The number of carbonyl (C=O) groups excluding carboxylic acids is 2. The first-order chi connectivity index (χ1) is 15.2. The van der Waals surface area contributed by atoms with Crippen LogP contribution >= 0.6 is 23.2 Å². The van der Waals surface area contributed by atoms with Crippen LogP contribution in [0.1, 0.15) is 16.7 Å². The molecule has 0 aromatic heterocycles. The van der Waals surface area contributed by atoms with Crippen molar-refractivity contribution in [3.63, 3.8) is 0 Å². The summed E-state index contributed by atoms with van der Waals surface area (Å²) < 4.78 is 0. The van der Waals surface area contributed by atoms with E-state index in [1.54, 1.807) is 6.07 Å². The molecule has 32 heavy (non-hydrogen) atoms. The van der Waals surface area contributed by atoms with E-state index in [9.17, 15) is 9.59 Å². The van der Waals surface area contributed by atoms with E-state index < -0.39 is 0 Å². The standard InChI is InChI=1S/C24H30Cl2N4O2/c1-17-5-4-6-18(2)24(17)27-22(31)15-29-9-11-30(12-10-29)23(32)16-28(3)14-19-7-8-20(25)21(26)13-19/h4-8,13H,9-12,14-16H2,1-3H3,(H,27,31). The molecule has 0 spiro atoms. The Hall–Kier alpha value is -2.12. The Kier molecular flexibility index (Phi) is 8.54. The average Bonchev–Trinajstić information content (AvgIpc) is 2.74. The second-order valence-corrected chi connectivity index (χ2v) is 9.21. The van der Waals surface area contributed by atoms with Gasteiger partial charge in [0.05, 0.1) is 23.1 Å². The van der Waals surface area contributed by atoms with Gasteiger partial charge in [0, 0.05) is 38.4 Å². The van der Waals surface area contributed by atoms with Gasteiger partial charge in [0.15, 0.2) is 0 Å². The van der Waals surface area contributed by atoms with Crippen LogP contribution in [0.2, 0.25) is 10.0 Å². The van der Waals surface area contributed by atoms with E-state index in [1.807, 2.05) is 61.0 Å². The number of hydrogen-bond acceptors (Lipinski definition) is 4. The van der Waals surface area contributed by atoms with E-state index in [0.717, 1.165) is 22.4 Å². The normalized spacial score (nSPS) is 14.6. The Morgan fingerprint density at radius 3 is 2.28 bits per heavy atom. The molecule has 0 unspecified atom stereocenters. The van der Waals surface area contributed by atoms with Gasteiger partial charge >= 0.3 is 0 Å². The molecule has 1 aliphatic rings. The molecule has 1 N–H and O–H groups in total. The highest BCUT2D eigenvalue weighted by atomic mass is 35.5. The fourth-order valence-corrected chi connectivity index (χ4v) is 4.21. The van der Waals surface area contributed by atoms with Crippen molar-refractivity contribution in [1.82, 2.24) is 14.7 Å². The molecule has 0 aliphatic carbocycles. The lowest BCUT2D eigenvalue weighted by atomic mass is 10.1. The number of carbonyl (C=O) groups is 2. The summed E-state index contributed by atoms with van der Waals surface area (Å²) in [6, 6.07) is 11.5. The maximum atomic E-state index is 12.7. The van der Waals surface area contributed by atoms with Crippen LogP contribution in [-0.2, 0) is 16.1 Å². The molecule has 0 atom stereocenters. The van der Waals surface area contributed by atoms with Crippen LogP contribution < -0.4 is 5.32 Å². The van der Waals surface area contributed by atoms with Crippen molar-refractivity contribution in [1.29, 1.82) is 0 Å². The molecule has 1 aliphatic heterocycles. The van der Waals surface area contributed by atoms with Crippen LogP contribution in [0.25, 0.3) is 0 Å². The fraction of sp³-hybridized carbons (Fsp3) is 0.417. The van der Waals surface area contributed by atoms with E-state index in [-0.39, 0.29) is 11.8 Å². The third-order valence-corrected chi connectivity index (χ3v) is 6.42. The quantitative estimate of drug-likeness (QED) is 0.659. The van der Waals surface area contributed by atoms with E-state index >= 15 is 0 Å². The molecule has 2 aromatic carbocycles. The topological polar surface area (TPSA) is 55.9 Å². The third kappa shape index (κ3) is 6.69. The zero-order chi connectivity index (χ0) is 23.3. The lowest BCUT2D eigenvalue weighted by molar-refractivity contribution is -0.134. The minimum atomic E-state index is -0.0245. The Morgan fingerprint density at radius 2 is 1.66 bits per heavy atom. The lowest BCUT2D eigenvalue weighted by Crippen LogP contribution is -2.52. The Labute approximate surface area is 200 Å². The number of aryl methyl sites for hydroxylation is 2. The number of anilines is 1. The van der Waals surface area contributed by atoms with Crippen LogP contribution in [0, 0.1) is 13.8 Å². The van der Waals surface area contributed by atoms with Gasteiger partial charge in [0.1, 0.15) is 0 Å². The zero-order valence-corrected chi connectivity index (χ0v) is 20.3. The maximum absolute atomic E-state index is 12.7. The number of rotatable bonds is 7. The molecule has 2 aromatic rings. The minimum absolute atomic E-state index is 0.0245. The largest absolute Gasteiger partial charge is 0.339 e. The van der Waals surface area contributed by atoms with Crippen molar-refractivity contribution in [2.75, 3.05) is 51.6 Å². The molecule has 8 heteroatoms. The summed E-state index contributed by atoms with van der Waals surface area (Å²) >= 11 is 12.0. The second-order valence-electron chi connectivity index (χ2n) is 8.39. The van der Waals surface area contributed by atoms with Gasteiger partial charge in [0.25, 0.3) is 0 Å². The molecule has 2 amide bonds. The highest BCUT2D eigenvalue weighted by molar-refractivity contribution is 6.42. The summed E-state index contributed by atoms with van der Waals surface area (Å²) in [5, 5.41) is 4.07. The van der Waals surface area contributed by atoms with Gasteiger partial charge < -0.3 is 10.2 Å². The van der Waals surface area contributed by atoms with E-state index in [1.165, 1.54) is 0 Å². The molecule has 1 heterocycles.